The average Bonchev–Trinajstić information content (AvgIpc) is 2.70. The Balaban J connectivity index is 2.01. The lowest BCUT2D eigenvalue weighted by molar-refractivity contribution is 0.532. The number of nitrogens with one attached hydrogen (secondary N) is 1. The van der Waals surface area contributed by atoms with Gasteiger partial charge in [0.2, 0.25) is 0 Å². The highest BCUT2D eigenvalue weighted by molar-refractivity contribution is 4.90. The highest BCUT2D eigenvalue weighted by Crippen LogP contribution is 2.08. The van der Waals surface area contributed by atoms with Crippen molar-refractivity contribution in [1.82, 2.24) is 9.97 Å². The quantitative estimate of drug-likeness (QED) is 0.647. The van der Waals surface area contributed by atoms with E-state index < -0.39 is 0 Å². The fourth-order valence-corrected chi connectivity index (χ4v) is 1.77. The van der Waals surface area contributed by atoms with Gasteiger partial charge in [0.05, 0.1) is 0 Å². The van der Waals surface area contributed by atoms with Crippen LogP contribution in [0.5, 0.6) is 0 Å². The summed E-state index contributed by atoms with van der Waals surface area (Å²) in [7, 11) is 0. The summed E-state index contributed by atoms with van der Waals surface area (Å²) in [5, 5.41) is 0. The number of aromatic amines is 1. The summed E-state index contributed by atoms with van der Waals surface area (Å²) >= 11 is 0. The van der Waals surface area contributed by atoms with Crippen LogP contribution in [-0.4, -0.2) is 16.0 Å². The second-order valence-electron chi connectivity index (χ2n) is 4.20. The zero-order valence-electron chi connectivity index (χ0n) is 9.71. The Bertz CT molecular complexity index is 231. The molecule has 0 saturated carbocycles. The van der Waals surface area contributed by atoms with Gasteiger partial charge in [0.1, 0.15) is 5.82 Å². The molecule has 0 spiro atoms. The summed E-state index contributed by atoms with van der Waals surface area (Å²) in [4.78, 5) is 7.27. The van der Waals surface area contributed by atoms with Gasteiger partial charge in [-0.25, -0.2) is 4.98 Å². The van der Waals surface area contributed by atoms with Crippen LogP contribution < -0.4 is 5.73 Å². The Hall–Kier alpha value is -0.830. The Labute approximate surface area is 92.5 Å². The van der Waals surface area contributed by atoms with Crippen molar-refractivity contribution in [2.45, 2.75) is 57.9 Å². The van der Waals surface area contributed by atoms with Crippen molar-refractivity contribution in [3.8, 4) is 0 Å². The van der Waals surface area contributed by atoms with Crippen LogP contribution in [0.1, 0.15) is 51.3 Å². The largest absolute Gasteiger partial charge is 0.349 e. The second-order valence-corrected chi connectivity index (χ2v) is 4.20. The third-order valence-electron chi connectivity index (χ3n) is 2.69. The van der Waals surface area contributed by atoms with Gasteiger partial charge in [-0.1, -0.05) is 39.0 Å². The van der Waals surface area contributed by atoms with E-state index in [0.29, 0.717) is 0 Å². The minimum absolute atomic E-state index is 0.262. The van der Waals surface area contributed by atoms with Crippen molar-refractivity contribution in [2.75, 3.05) is 0 Å². The van der Waals surface area contributed by atoms with E-state index in [2.05, 4.69) is 16.9 Å². The smallest absolute Gasteiger partial charge is 0.107 e. The maximum absolute atomic E-state index is 6.02. The summed E-state index contributed by atoms with van der Waals surface area (Å²) < 4.78 is 0. The maximum Gasteiger partial charge on any atom is 0.107 e. The van der Waals surface area contributed by atoms with Crippen LogP contribution in [0, 0.1) is 0 Å². The fourth-order valence-electron chi connectivity index (χ4n) is 1.77. The third kappa shape index (κ3) is 5.57. The normalized spacial score (nSPS) is 12.9. The van der Waals surface area contributed by atoms with Crippen molar-refractivity contribution in [3.05, 3.63) is 18.2 Å². The molecule has 3 heteroatoms. The van der Waals surface area contributed by atoms with Gasteiger partial charge in [0, 0.05) is 24.9 Å². The van der Waals surface area contributed by atoms with E-state index in [1.54, 1.807) is 6.20 Å². The molecule has 0 aromatic carbocycles. The molecule has 1 unspecified atom stereocenters. The SMILES string of the molecule is CCCCCCCC(N)Cc1ncc[nH]1. The highest BCUT2D eigenvalue weighted by atomic mass is 14.9. The molecule has 1 aromatic rings. The first-order valence-electron chi connectivity index (χ1n) is 6.06. The number of unbranched alkanes of at least 4 members (excludes halogenated alkanes) is 4. The molecule has 0 aliphatic carbocycles. The predicted octanol–water partition coefficient (Wildman–Crippen LogP) is 2.64. The van der Waals surface area contributed by atoms with E-state index >= 15 is 0 Å². The molecule has 1 rings (SSSR count). The molecular weight excluding hydrogens is 186 g/mol. The molecule has 0 bridgehead atoms. The molecule has 86 valence electrons. The Kier molecular flexibility index (Phi) is 6.09. The molecule has 3 N–H and O–H groups in total. The number of aromatic nitrogens is 2. The fraction of sp³-hybridized carbons (Fsp3) is 0.750. The van der Waals surface area contributed by atoms with Crippen LogP contribution in [0.2, 0.25) is 0 Å². The van der Waals surface area contributed by atoms with Gasteiger partial charge in [0.15, 0.2) is 0 Å². The Morgan fingerprint density at radius 1 is 1.33 bits per heavy atom. The van der Waals surface area contributed by atoms with Crippen molar-refractivity contribution in [1.29, 1.82) is 0 Å². The highest BCUT2D eigenvalue weighted by Gasteiger charge is 2.04. The summed E-state index contributed by atoms with van der Waals surface area (Å²) in [5.74, 6) is 1.01. The molecule has 0 aliphatic heterocycles. The van der Waals surface area contributed by atoms with Crippen LogP contribution in [-0.2, 0) is 6.42 Å². The predicted molar refractivity (Wildman–Crippen MR) is 63.6 cm³/mol. The lowest BCUT2D eigenvalue weighted by Gasteiger charge is -2.09. The Morgan fingerprint density at radius 3 is 2.80 bits per heavy atom. The van der Waals surface area contributed by atoms with Crippen molar-refractivity contribution < 1.29 is 0 Å². The summed E-state index contributed by atoms with van der Waals surface area (Å²) in [6.07, 6.45) is 12.2. The standard InChI is InChI=1S/C12H23N3/c1-2-3-4-5-6-7-11(13)10-12-14-8-9-15-12/h8-9,11H,2-7,10,13H2,1H3,(H,14,15). The van der Waals surface area contributed by atoms with Crippen LogP contribution in [0.25, 0.3) is 0 Å². The molecule has 0 aliphatic rings. The van der Waals surface area contributed by atoms with Gasteiger partial charge in [-0.2, -0.15) is 0 Å². The number of hydrogen-bond acceptors (Lipinski definition) is 2. The van der Waals surface area contributed by atoms with Crippen LogP contribution in [0.15, 0.2) is 12.4 Å². The maximum atomic E-state index is 6.02. The molecule has 0 radical (unpaired) electrons. The first kappa shape index (κ1) is 12.2. The topological polar surface area (TPSA) is 54.7 Å². The minimum Gasteiger partial charge on any atom is -0.349 e. The molecule has 1 atom stereocenters. The van der Waals surface area contributed by atoms with E-state index in [1.807, 2.05) is 6.20 Å². The van der Waals surface area contributed by atoms with Gasteiger partial charge in [0.25, 0.3) is 0 Å². The van der Waals surface area contributed by atoms with E-state index in [1.165, 1.54) is 32.1 Å². The third-order valence-corrected chi connectivity index (χ3v) is 2.69. The average molecular weight is 209 g/mol. The number of H-pyrrole nitrogens is 1. The zero-order chi connectivity index (χ0) is 10.9. The molecule has 1 aromatic heterocycles. The number of nitrogens with zero attached hydrogens (tertiary/aromatic N) is 1. The molecular formula is C12H23N3. The summed E-state index contributed by atoms with van der Waals surface area (Å²) in [6.45, 7) is 2.24. The van der Waals surface area contributed by atoms with Gasteiger partial charge in [-0.05, 0) is 6.42 Å². The number of imidazole rings is 1. The minimum atomic E-state index is 0.262. The monoisotopic (exact) mass is 209 g/mol. The zero-order valence-corrected chi connectivity index (χ0v) is 9.71. The lowest BCUT2D eigenvalue weighted by atomic mass is 10.0. The van der Waals surface area contributed by atoms with Gasteiger partial charge in [-0.15, -0.1) is 0 Å². The number of nitrogens with two attached hydrogens (primary N) is 1. The molecule has 15 heavy (non-hydrogen) atoms. The summed E-state index contributed by atoms with van der Waals surface area (Å²) in [5.41, 5.74) is 6.02. The molecule has 0 saturated heterocycles. The van der Waals surface area contributed by atoms with E-state index in [4.69, 9.17) is 5.73 Å². The second kappa shape index (κ2) is 7.46. The van der Waals surface area contributed by atoms with Crippen molar-refractivity contribution >= 4 is 0 Å². The molecule has 0 fully saturated rings. The number of rotatable bonds is 8. The lowest BCUT2D eigenvalue weighted by Crippen LogP contribution is -2.23. The molecule has 0 amide bonds. The number of hydrogen-bond donors (Lipinski definition) is 2. The van der Waals surface area contributed by atoms with Crippen LogP contribution in [0.3, 0.4) is 0 Å². The summed E-state index contributed by atoms with van der Waals surface area (Å²) in [6, 6.07) is 0.262. The van der Waals surface area contributed by atoms with Crippen molar-refractivity contribution in [3.63, 3.8) is 0 Å². The molecule has 1 heterocycles. The van der Waals surface area contributed by atoms with Crippen LogP contribution >= 0.6 is 0 Å². The van der Waals surface area contributed by atoms with E-state index in [9.17, 15) is 0 Å². The van der Waals surface area contributed by atoms with Gasteiger partial charge >= 0.3 is 0 Å². The molecule has 3 nitrogen and oxygen atoms in total. The first-order chi connectivity index (χ1) is 7.33. The van der Waals surface area contributed by atoms with E-state index in [0.717, 1.165) is 18.7 Å². The Morgan fingerprint density at radius 2 is 2.13 bits per heavy atom. The van der Waals surface area contributed by atoms with Gasteiger partial charge in [-0.3, -0.25) is 0 Å². The van der Waals surface area contributed by atoms with Gasteiger partial charge < -0.3 is 10.7 Å². The van der Waals surface area contributed by atoms with Crippen LogP contribution in [0.4, 0.5) is 0 Å². The van der Waals surface area contributed by atoms with Crippen molar-refractivity contribution in [2.24, 2.45) is 5.73 Å². The van der Waals surface area contributed by atoms with E-state index in [-0.39, 0.29) is 6.04 Å². The first-order valence-corrected chi connectivity index (χ1v) is 6.06.